The number of halogens is 3. The number of nitrogens with one attached hydrogen (secondary N) is 1. The molecule has 190 valence electrons. The quantitative estimate of drug-likeness (QED) is 0.193. The van der Waals surface area contributed by atoms with Crippen LogP contribution in [0.1, 0.15) is 39.6 Å². The zero-order valence-corrected chi connectivity index (χ0v) is 22.4. The van der Waals surface area contributed by atoms with E-state index >= 15 is 0 Å². The first kappa shape index (κ1) is 27.6. The number of hydrogen-bond donors (Lipinski definition) is 1. The van der Waals surface area contributed by atoms with Crippen LogP contribution in [-0.2, 0) is 11.3 Å². The average molecular weight is 550 g/mol. The van der Waals surface area contributed by atoms with Gasteiger partial charge in [-0.15, -0.1) is 11.3 Å². The summed E-state index contributed by atoms with van der Waals surface area (Å²) in [6.07, 6.45) is -0.509. The number of ether oxygens (including phenoxy) is 3. The SMILES string of the molecule is C=C(Cl)/C(C[C@H](OC(=O)c1ccc(CNc2ccccc2F)s1)c1ccc(OC)c(OC)c1)=C(\C)Cl. The molecule has 3 rings (SSSR count). The van der Waals surface area contributed by atoms with Crippen molar-refractivity contribution in [3.63, 3.8) is 0 Å². The number of carbonyl (C=O) groups excluding carboxylic acids is 1. The first-order valence-electron chi connectivity index (χ1n) is 10.9. The van der Waals surface area contributed by atoms with E-state index in [9.17, 15) is 9.18 Å². The molecule has 3 aromatic rings. The summed E-state index contributed by atoms with van der Waals surface area (Å²) >= 11 is 13.7. The molecule has 0 radical (unpaired) electrons. The Morgan fingerprint density at radius 3 is 2.44 bits per heavy atom. The number of carbonyl (C=O) groups is 1. The number of esters is 1. The first-order chi connectivity index (χ1) is 17.2. The van der Waals surface area contributed by atoms with Crippen LogP contribution < -0.4 is 14.8 Å². The molecule has 2 aromatic carbocycles. The molecule has 36 heavy (non-hydrogen) atoms. The standard InChI is InChI=1S/C27H26Cl2FNO4S/c1-16(28)20(17(2)29)14-24(18-9-11-23(33-3)25(13-18)34-4)35-27(32)26-12-10-19(36-26)15-31-22-8-6-5-7-21(22)30/h5-13,24,31H,1,14-15H2,2-4H3/b20-17+/t24-/m0/s1. The molecule has 1 atom stereocenters. The summed E-state index contributed by atoms with van der Waals surface area (Å²) in [7, 11) is 3.07. The van der Waals surface area contributed by atoms with Crippen molar-refractivity contribution in [2.45, 2.75) is 26.0 Å². The number of allylic oxidation sites excluding steroid dienone is 2. The summed E-state index contributed by atoms with van der Waals surface area (Å²) in [4.78, 5) is 14.4. The van der Waals surface area contributed by atoms with Gasteiger partial charge in [0.05, 0.1) is 19.9 Å². The molecule has 0 saturated carbocycles. The van der Waals surface area contributed by atoms with Gasteiger partial charge in [-0.25, -0.2) is 9.18 Å². The van der Waals surface area contributed by atoms with E-state index in [1.807, 2.05) is 0 Å². The van der Waals surface area contributed by atoms with Crippen LogP contribution in [0, 0.1) is 5.82 Å². The second-order valence-electron chi connectivity index (χ2n) is 7.73. The van der Waals surface area contributed by atoms with E-state index < -0.39 is 12.1 Å². The van der Waals surface area contributed by atoms with E-state index in [-0.39, 0.29) is 17.3 Å². The predicted octanol–water partition coefficient (Wildman–Crippen LogP) is 8.07. The third-order valence-electron chi connectivity index (χ3n) is 5.35. The van der Waals surface area contributed by atoms with Crippen LogP contribution in [-0.4, -0.2) is 20.2 Å². The van der Waals surface area contributed by atoms with Gasteiger partial charge < -0.3 is 19.5 Å². The Labute approximate surface area is 224 Å². The van der Waals surface area contributed by atoms with Crippen LogP contribution in [0.15, 0.2) is 76.8 Å². The molecule has 5 nitrogen and oxygen atoms in total. The fourth-order valence-electron chi connectivity index (χ4n) is 3.46. The molecule has 0 fully saturated rings. The van der Waals surface area contributed by atoms with Crippen molar-refractivity contribution in [1.82, 2.24) is 0 Å². The van der Waals surface area contributed by atoms with Gasteiger partial charge in [0.15, 0.2) is 11.5 Å². The fraction of sp³-hybridized carbons (Fsp3) is 0.222. The van der Waals surface area contributed by atoms with Crippen molar-refractivity contribution >= 4 is 46.2 Å². The lowest BCUT2D eigenvalue weighted by Gasteiger charge is -2.21. The van der Waals surface area contributed by atoms with Crippen molar-refractivity contribution in [3.8, 4) is 11.5 Å². The minimum Gasteiger partial charge on any atom is -0.493 e. The Morgan fingerprint density at radius 1 is 1.08 bits per heavy atom. The van der Waals surface area contributed by atoms with E-state index in [1.54, 1.807) is 62.6 Å². The number of thiophene rings is 1. The third-order valence-corrected chi connectivity index (χ3v) is 6.87. The zero-order chi connectivity index (χ0) is 26.2. The van der Waals surface area contributed by atoms with Gasteiger partial charge in [0.1, 0.15) is 16.8 Å². The highest BCUT2D eigenvalue weighted by atomic mass is 35.5. The van der Waals surface area contributed by atoms with Crippen LogP contribution in [0.25, 0.3) is 0 Å². The van der Waals surface area contributed by atoms with Gasteiger partial charge in [-0.3, -0.25) is 0 Å². The molecule has 0 unspecified atom stereocenters. The van der Waals surface area contributed by atoms with E-state index in [4.69, 9.17) is 37.4 Å². The van der Waals surface area contributed by atoms with Crippen LogP contribution in [0.3, 0.4) is 0 Å². The second kappa shape index (κ2) is 12.8. The summed E-state index contributed by atoms with van der Waals surface area (Å²) in [6, 6.07) is 15.2. The first-order valence-corrected chi connectivity index (χ1v) is 12.5. The molecule has 9 heteroatoms. The molecule has 0 bridgehead atoms. The normalized spacial score (nSPS) is 12.4. The smallest absolute Gasteiger partial charge is 0.348 e. The van der Waals surface area contributed by atoms with Crippen LogP contribution in [0.5, 0.6) is 11.5 Å². The van der Waals surface area contributed by atoms with Gasteiger partial charge in [0, 0.05) is 27.9 Å². The fourth-order valence-corrected chi connectivity index (χ4v) is 4.75. The monoisotopic (exact) mass is 549 g/mol. The average Bonchev–Trinajstić information content (AvgIpc) is 3.34. The highest BCUT2D eigenvalue weighted by Crippen LogP contribution is 2.37. The van der Waals surface area contributed by atoms with E-state index in [0.29, 0.717) is 44.8 Å². The summed E-state index contributed by atoms with van der Waals surface area (Å²) < 4.78 is 30.5. The molecule has 1 N–H and O–H groups in total. The lowest BCUT2D eigenvalue weighted by molar-refractivity contribution is 0.0304. The predicted molar refractivity (Wildman–Crippen MR) is 144 cm³/mol. The van der Waals surface area contributed by atoms with Gasteiger partial charge in [0.25, 0.3) is 0 Å². The van der Waals surface area contributed by atoms with E-state index in [0.717, 1.165) is 4.88 Å². The number of benzene rings is 2. The van der Waals surface area contributed by atoms with Crippen molar-refractivity contribution < 1.29 is 23.4 Å². The van der Waals surface area contributed by atoms with E-state index in [2.05, 4.69) is 11.9 Å². The minimum atomic E-state index is -0.724. The molecule has 1 heterocycles. The topological polar surface area (TPSA) is 56.8 Å². The Hall–Kier alpha value is -3.00. The molecule has 0 amide bonds. The van der Waals surface area contributed by atoms with Crippen molar-refractivity contribution in [2.75, 3.05) is 19.5 Å². The van der Waals surface area contributed by atoms with Crippen molar-refractivity contribution in [2.24, 2.45) is 0 Å². The van der Waals surface area contributed by atoms with Crippen molar-refractivity contribution in [3.05, 3.63) is 97.9 Å². The zero-order valence-electron chi connectivity index (χ0n) is 20.1. The Balaban J connectivity index is 1.82. The number of anilines is 1. The number of rotatable bonds is 11. The maximum atomic E-state index is 13.9. The minimum absolute atomic E-state index is 0.214. The van der Waals surface area contributed by atoms with Gasteiger partial charge in [-0.05, 0) is 54.5 Å². The molecule has 0 aliphatic rings. The van der Waals surface area contributed by atoms with Gasteiger partial charge >= 0.3 is 5.97 Å². The number of hydrogen-bond acceptors (Lipinski definition) is 6. The second-order valence-corrected chi connectivity index (χ2v) is 9.92. The molecule has 0 aliphatic carbocycles. The maximum Gasteiger partial charge on any atom is 0.348 e. The van der Waals surface area contributed by atoms with E-state index in [1.165, 1.54) is 24.5 Å². The van der Waals surface area contributed by atoms with Crippen molar-refractivity contribution in [1.29, 1.82) is 0 Å². The number of methoxy groups -OCH3 is 2. The third kappa shape index (κ3) is 7.03. The molecule has 0 saturated heterocycles. The molecule has 0 aliphatic heterocycles. The molecule has 1 aromatic heterocycles. The Bertz CT molecular complexity index is 1270. The molecular weight excluding hydrogens is 524 g/mol. The lowest BCUT2D eigenvalue weighted by atomic mass is 10.00. The van der Waals surface area contributed by atoms with Gasteiger partial charge in [-0.2, -0.15) is 0 Å². The Morgan fingerprint density at radius 2 is 1.81 bits per heavy atom. The van der Waals surface area contributed by atoms with Gasteiger partial charge in [-0.1, -0.05) is 48.0 Å². The summed E-state index contributed by atoms with van der Waals surface area (Å²) in [6.45, 7) is 5.85. The molecular formula is C27H26Cl2FNO4S. The highest BCUT2D eigenvalue weighted by Gasteiger charge is 2.24. The maximum absolute atomic E-state index is 13.9. The van der Waals surface area contributed by atoms with Crippen LogP contribution in [0.2, 0.25) is 0 Å². The summed E-state index contributed by atoms with van der Waals surface area (Å²) in [5.41, 5.74) is 1.64. The van der Waals surface area contributed by atoms with Crippen LogP contribution in [0.4, 0.5) is 10.1 Å². The van der Waals surface area contributed by atoms with Gasteiger partial charge in [0.2, 0.25) is 0 Å². The highest BCUT2D eigenvalue weighted by molar-refractivity contribution is 7.13. The largest absolute Gasteiger partial charge is 0.493 e. The number of para-hydroxylation sites is 1. The molecule has 0 spiro atoms. The summed E-state index contributed by atoms with van der Waals surface area (Å²) in [5, 5.41) is 3.75. The lowest BCUT2D eigenvalue weighted by Crippen LogP contribution is -2.12. The summed E-state index contributed by atoms with van der Waals surface area (Å²) in [5.74, 6) is 0.184. The van der Waals surface area contributed by atoms with Crippen LogP contribution >= 0.6 is 34.5 Å². The Kier molecular flexibility index (Phi) is 9.81.